The molecular weight excluding hydrogens is 262 g/mol. The minimum absolute atomic E-state index is 0.595. The first-order chi connectivity index (χ1) is 6.61. The van der Waals surface area contributed by atoms with Gasteiger partial charge in [0, 0.05) is 32.5 Å². The maximum Gasteiger partial charge on any atom is 0.0486 e. The Labute approximate surface area is 95.5 Å². The summed E-state index contributed by atoms with van der Waals surface area (Å²) in [6.07, 6.45) is 0.954. The summed E-state index contributed by atoms with van der Waals surface area (Å²) in [6.45, 7) is 2.03. The molecule has 0 spiro atoms. The molecule has 0 bridgehead atoms. The monoisotopic (exact) mass is 275 g/mol. The van der Waals surface area contributed by atoms with Crippen molar-refractivity contribution in [2.75, 3.05) is 11.5 Å². The highest BCUT2D eigenvalue weighted by molar-refractivity contribution is 9.10. The number of nitrogen functional groups attached to an aromatic ring is 1. The molecule has 0 saturated carbocycles. The third kappa shape index (κ3) is 3.80. The minimum Gasteiger partial charge on any atom is -0.399 e. The molecule has 2 nitrogen and oxygen atoms in total. The van der Waals surface area contributed by atoms with Crippen LogP contribution in [-0.2, 0) is 16.6 Å². The third-order valence-corrected chi connectivity index (χ3v) is 3.72. The zero-order valence-electron chi connectivity index (χ0n) is 8.13. The Balaban J connectivity index is 2.71. The zero-order chi connectivity index (χ0) is 10.6. The molecule has 0 heterocycles. The number of hydrogen-bond donors (Lipinski definition) is 1. The lowest BCUT2D eigenvalue weighted by Gasteiger charge is -2.03. The summed E-state index contributed by atoms with van der Waals surface area (Å²) >= 11 is 3.36. The SMILES string of the molecule is CCCS(=O)Cc1cc(N)cc(Br)c1. The largest absolute Gasteiger partial charge is 0.399 e. The van der Waals surface area contributed by atoms with E-state index < -0.39 is 10.8 Å². The van der Waals surface area contributed by atoms with Gasteiger partial charge in [0.2, 0.25) is 0 Å². The Hall–Kier alpha value is -0.350. The van der Waals surface area contributed by atoms with Crippen molar-refractivity contribution >= 4 is 32.4 Å². The van der Waals surface area contributed by atoms with Crippen LogP contribution in [0.1, 0.15) is 18.9 Å². The minimum atomic E-state index is -0.764. The van der Waals surface area contributed by atoms with Gasteiger partial charge in [0.25, 0.3) is 0 Å². The van der Waals surface area contributed by atoms with Crippen LogP contribution >= 0.6 is 15.9 Å². The first-order valence-electron chi connectivity index (χ1n) is 4.51. The summed E-state index contributed by atoms with van der Waals surface area (Å²) in [5.74, 6) is 1.35. The Morgan fingerprint density at radius 3 is 2.71 bits per heavy atom. The van der Waals surface area contributed by atoms with Crippen LogP contribution in [0.25, 0.3) is 0 Å². The van der Waals surface area contributed by atoms with Gasteiger partial charge in [-0.15, -0.1) is 0 Å². The summed E-state index contributed by atoms with van der Waals surface area (Å²) < 4.78 is 12.4. The van der Waals surface area contributed by atoms with Crippen LogP contribution in [-0.4, -0.2) is 9.96 Å². The summed E-state index contributed by atoms with van der Waals surface area (Å²) in [5.41, 5.74) is 7.42. The molecule has 1 aromatic carbocycles. The van der Waals surface area contributed by atoms with Crippen LogP contribution < -0.4 is 5.73 Å². The average molecular weight is 276 g/mol. The van der Waals surface area contributed by atoms with Gasteiger partial charge in [0.15, 0.2) is 0 Å². The van der Waals surface area contributed by atoms with E-state index in [1.165, 1.54) is 0 Å². The predicted octanol–water partition coefficient (Wildman–Crippen LogP) is 2.69. The van der Waals surface area contributed by atoms with E-state index in [9.17, 15) is 4.21 Å². The highest BCUT2D eigenvalue weighted by Gasteiger charge is 2.02. The van der Waals surface area contributed by atoms with E-state index >= 15 is 0 Å². The van der Waals surface area contributed by atoms with Crippen LogP contribution in [0, 0.1) is 0 Å². The average Bonchev–Trinajstić information content (AvgIpc) is 2.01. The Morgan fingerprint density at radius 1 is 1.43 bits per heavy atom. The van der Waals surface area contributed by atoms with Gasteiger partial charge in [0.05, 0.1) is 0 Å². The number of benzene rings is 1. The Kier molecular flexibility index (Phi) is 4.62. The highest BCUT2D eigenvalue weighted by atomic mass is 79.9. The molecule has 0 amide bonds. The molecule has 0 fully saturated rings. The van der Waals surface area contributed by atoms with Crippen LogP contribution in [0.4, 0.5) is 5.69 Å². The molecule has 1 aromatic rings. The van der Waals surface area contributed by atoms with Gasteiger partial charge in [-0.25, -0.2) is 0 Å². The topological polar surface area (TPSA) is 43.1 Å². The second-order valence-corrected chi connectivity index (χ2v) is 5.67. The molecule has 0 aliphatic carbocycles. The van der Waals surface area contributed by atoms with Gasteiger partial charge in [-0.1, -0.05) is 22.9 Å². The normalized spacial score (nSPS) is 12.7. The van der Waals surface area contributed by atoms with Crippen LogP contribution in [0.15, 0.2) is 22.7 Å². The lowest BCUT2D eigenvalue weighted by atomic mass is 10.2. The summed E-state index contributed by atoms with van der Waals surface area (Å²) in [5, 5.41) is 0. The molecule has 1 unspecified atom stereocenters. The molecular formula is C10H14BrNOS. The zero-order valence-corrected chi connectivity index (χ0v) is 10.5. The molecule has 0 aromatic heterocycles. The third-order valence-electron chi connectivity index (χ3n) is 1.74. The maximum absolute atomic E-state index is 11.5. The van der Waals surface area contributed by atoms with Crippen LogP contribution in [0.2, 0.25) is 0 Å². The lowest BCUT2D eigenvalue weighted by Crippen LogP contribution is -2.00. The summed E-state index contributed by atoms with van der Waals surface area (Å²) in [4.78, 5) is 0. The van der Waals surface area contributed by atoms with E-state index in [2.05, 4.69) is 15.9 Å². The van der Waals surface area contributed by atoms with Crippen molar-refractivity contribution in [1.82, 2.24) is 0 Å². The summed E-state index contributed by atoms with van der Waals surface area (Å²) in [6, 6.07) is 5.68. The Morgan fingerprint density at radius 2 is 2.14 bits per heavy atom. The van der Waals surface area contributed by atoms with Crippen molar-refractivity contribution in [3.05, 3.63) is 28.2 Å². The molecule has 2 N–H and O–H groups in total. The van der Waals surface area contributed by atoms with E-state index in [0.29, 0.717) is 11.4 Å². The number of nitrogens with two attached hydrogens (primary N) is 1. The second-order valence-electron chi connectivity index (χ2n) is 3.18. The fraction of sp³-hybridized carbons (Fsp3) is 0.400. The van der Waals surface area contributed by atoms with Gasteiger partial charge >= 0.3 is 0 Å². The van der Waals surface area contributed by atoms with Gasteiger partial charge in [-0.3, -0.25) is 4.21 Å². The maximum atomic E-state index is 11.5. The highest BCUT2D eigenvalue weighted by Crippen LogP contribution is 2.18. The quantitative estimate of drug-likeness (QED) is 0.859. The molecule has 1 atom stereocenters. The fourth-order valence-electron chi connectivity index (χ4n) is 1.24. The van der Waals surface area contributed by atoms with Crippen molar-refractivity contribution in [3.8, 4) is 0 Å². The number of halogens is 1. The smallest absolute Gasteiger partial charge is 0.0486 e. The van der Waals surface area contributed by atoms with E-state index in [1.807, 2.05) is 25.1 Å². The fourth-order valence-corrected chi connectivity index (χ4v) is 2.94. The molecule has 0 aliphatic heterocycles. The second kappa shape index (κ2) is 5.51. The first-order valence-corrected chi connectivity index (χ1v) is 6.80. The Bertz CT molecular complexity index is 321. The number of hydrogen-bond acceptors (Lipinski definition) is 2. The van der Waals surface area contributed by atoms with Crippen molar-refractivity contribution in [2.24, 2.45) is 0 Å². The number of rotatable bonds is 4. The van der Waals surface area contributed by atoms with Crippen molar-refractivity contribution in [3.63, 3.8) is 0 Å². The van der Waals surface area contributed by atoms with Crippen molar-refractivity contribution < 1.29 is 4.21 Å². The number of anilines is 1. The van der Waals surface area contributed by atoms with Crippen LogP contribution in [0.5, 0.6) is 0 Å². The van der Waals surface area contributed by atoms with Gasteiger partial charge < -0.3 is 5.73 Å². The predicted molar refractivity (Wildman–Crippen MR) is 65.6 cm³/mol. The molecule has 1 rings (SSSR count). The van der Waals surface area contributed by atoms with Gasteiger partial charge in [-0.05, 0) is 30.2 Å². The first kappa shape index (κ1) is 11.7. The molecule has 0 aliphatic rings. The molecule has 0 saturated heterocycles. The standard InChI is InChI=1S/C10H14BrNOS/c1-2-3-14(13)7-8-4-9(11)6-10(12)5-8/h4-6H,2-3,7,12H2,1H3. The van der Waals surface area contributed by atoms with E-state index in [-0.39, 0.29) is 0 Å². The van der Waals surface area contributed by atoms with Gasteiger partial charge in [0.1, 0.15) is 0 Å². The van der Waals surface area contributed by atoms with Crippen molar-refractivity contribution in [1.29, 1.82) is 0 Å². The summed E-state index contributed by atoms with van der Waals surface area (Å²) in [7, 11) is -0.764. The molecule has 0 radical (unpaired) electrons. The van der Waals surface area contributed by atoms with Crippen LogP contribution in [0.3, 0.4) is 0 Å². The van der Waals surface area contributed by atoms with E-state index in [4.69, 9.17) is 5.73 Å². The lowest BCUT2D eigenvalue weighted by molar-refractivity contribution is 0.681. The molecule has 78 valence electrons. The van der Waals surface area contributed by atoms with Crippen molar-refractivity contribution in [2.45, 2.75) is 19.1 Å². The van der Waals surface area contributed by atoms with E-state index in [1.54, 1.807) is 0 Å². The molecule has 14 heavy (non-hydrogen) atoms. The van der Waals surface area contributed by atoms with E-state index in [0.717, 1.165) is 22.2 Å². The molecule has 4 heteroatoms. The van der Waals surface area contributed by atoms with Gasteiger partial charge in [-0.2, -0.15) is 0 Å².